The summed E-state index contributed by atoms with van der Waals surface area (Å²) in [6.45, 7) is 10.3. The molecule has 1 heterocycles. The van der Waals surface area contributed by atoms with E-state index in [9.17, 15) is 24.0 Å². The predicted molar refractivity (Wildman–Crippen MR) is 163 cm³/mol. The SMILES string of the molecule is CSCCC1(NC(=O)NC(C(=O)N2CC3C(C2C(=O)NC(CC2CC2)C(=O)C(N)=O)C3(C)C)C(C)(C)C)CCCCC1. The smallest absolute Gasteiger partial charge is 0.315 e. The van der Waals surface area contributed by atoms with E-state index in [0.29, 0.717) is 13.0 Å². The first-order valence-electron chi connectivity index (χ1n) is 15.6. The molecule has 0 aromatic rings. The van der Waals surface area contributed by atoms with Crippen LogP contribution in [0.1, 0.15) is 92.4 Å². The summed E-state index contributed by atoms with van der Waals surface area (Å²) in [5, 5.41) is 9.07. The number of hydrogen-bond donors (Lipinski definition) is 4. The monoisotopic (exact) mass is 605 g/mol. The maximum Gasteiger partial charge on any atom is 0.315 e. The minimum Gasteiger partial charge on any atom is -0.363 e. The lowest BCUT2D eigenvalue weighted by molar-refractivity contribution is -0.145. The minimum absolute atomic E-state index is 0.0711. The van der Waals surface area contributed by atoms with Gasteiger partial charge in [-0.15, -0.1) is 0 Å². The van der Waals surface area contributed by atoms with Crippen molar-refractivity contribution in [3.63, 3.8) is 0 Å². The number of hydrogen-bond acceptors (Lipinski definition) is 6. The maximum atomic E-state index is 14.2. The molecule has 1 saturated heterocycles. The van der Waals surface area contributed by atoms with E-state index < -0.39 is 41.1 Å². The largest absolute Gasteiger partial charge is 0.363 e. The number of nitrogens with zero attached hydrogens (tertiary/aromatic N) is 1. The van der Waals surface area contributed by atoms with Crippen LogP contribution in [0.2, 0.25) is 0 Å². The van der Waals surface area contributed by atoms with E-state index in [4.69, 9.17) is 5.73 Å². The molecule has 3 aliphatic carbocycles. The van der Waals surface area contributed by atoms with Crippen LogP contribution in [0.15, 0.2) is 0 Å². The van der Waals surface area contributed by atoms with Crippen LogP contribution in [0.25, 0.3) is 0 Å². The fraction of sp³-hybridized carbons (Fsp3) is 0.839. The van der Waals surface area contributed by atoms with Gasteiger partial charge in [0.2, 0.25) is 17.6 Å². The fourth-order valence-electron chi connectivity index (χ4n) is 7.35. The van der Waals surface area contributed by atoms with Crippen LogP contribution in [-0.4, -0.2) is 76.7 Å². The van der Waals surface area contributed by atoms with Crippen LogP contribution in [0, 0.1) is 28.6 Å². The molecular formula is C31H51N5O5S. The molecule has 10 nitrogen and oxygen atoms in total. The number of ketones is 1. The number of piperidine rings is 1. The van der Waals surface area contributed by atoms with Crippen LogP contribution >= 0.6 is 11.8 Å². The van der Waals surface area contributed by atoms with E-state index in [0.717, 1.165) is 57.1 Å². The molecule has 4 aliphatic rings. The van der Waals surface area contributed by atoms with Gasteiger partial charge in [0, 0.05) is 12.1 Å². The molecule has 4 fully saturated rings. The van der Waals surface area contributed by atoms with E-state index in [1.165, 1.54) is 0 Å². The normalized spacial score (nSPS) is 27.3. The van der Waals surface area contributed by atoms with Gasteiger partial charge < -0.3 is 26.6 Å². The van der Waals surface area contributed by atoms with Gasteiger partial charge in [-0.1, -0.05) is 66.7 Å². The van der Waals surface area contributed by atoms with Gasteiger partial charge in [0.15, 0.2) is 0 Å². The number of primary amides is 1. The first kappa shape index (κ1) is 32.6. The quantitative estimate of drug-likeness (QED) is 0.251. The number of nitrogens with two attached hydrogens (primary N) is 1. The fourth-order valence-corrected chi connectivity index (χ4v) is 7.94. The number of Topliss-reactive ketones (excluding diaryl/α,β-unsaturated/α-hetero) is 1. The number of likely N-dealkylation sites (tertiary alicyclic amines) is 1. The van der Waals surface area contributed by atoms with Gasteiger partial charge in [-0.3, -0.25) is 19.2 Å². The van der Waals surface area contributed by atoms with Crippen LogP contribution < -0.4 is 21.7 Å². The zero-order chi connectivity index (χ0) is 31.0. The zero-order valence-corrected chi connectivity index (χ0v) is 27.0. The number of carbonyl (C=O) groups is 5. The van der Waals surface area contributed by atoms with E-state index >= 15 is 0 Å². The van der Waals surface area contributed by atoms with Crippen molar-refractivity contribution in [2.75, 3.05) is 18.6 Å². The van der Waals surface area contributed by atoms with Crippen molar-refractivity contribution in [2.45, 2.75) is 116 Å². The zero-order valence-electron chi connectivity index (χ0n) is 26.2. The van der Waals surface area contributed by atoms with Gasteiger partial charge in [-0.25, -0.2) is 4.79 Å². The molecule has 0 radical (unpaired) electrons. The second-order valence-electron chi connectivity index (χ2n) is 14.8. The average Bonchev–Trinajstić information content (AvgIpc) is 3.76. The highest BCUT2D eigenvalue weighted by molar-refractivity contribution is 7.98. The van der Waals surface area contributed by atoms with Crippen molar-refractivity contribution in [2.24, 2.45) is 34.3 Å². The highest BCUT2D eigenvalue weighted by Gasteiger charge is 2.70. The molecule has 0 aromatic carbocycles. The van der Waals surface area contributed by atoms with E-state index in [-0.39, 0.29) is 40.6 Å². The van der Waals surface area contributed by atoms with E-state index in [1.54, 1.807) is 16.7 Å². The lowest BCUT2D eigenvalue weighted by Gasteiger charge is -2.41. The third-order valence-corrected chi connectivity index (χ3v) is 10.9. The maximum absolute atomic E-state index is 14.2. The van der Waals surface area contributed by atoms with Gasteiger partial charge in [0.05, 0.1) is 6.04 Å². The number of rotatable bonds is 12. The molecule has 3 saturated carbocycles. The molecule has 5 unspecified atom stereocenters. The summed E-state index contributed by atoms with van der Waals surface area (Å²) in [7, 11) is 0. The second-order valence-corrected chi connectivity index (χ2v) is 15.8. The van der Waals surface area contributed by atoms with Gasteiger partial charge in [-0.2, -0.15) is 11.8 Å². The highest BCUT2D eigenvalue weighted by Crippen LogP contribution is 2.65. The van der Waals surface area contributed by atoms with Gasteiger partial charge in [0.1, 0.15) is 12.1 Å². The number of urea groups is 1. The van der Waals surface area contributed by atoms with Crippen LogP contribution in [-0.2, 0) is 19.2 Å². The van der Waals surface area contributed by atoms with Crippen LogP contribution in [0.5, 0.6) is 0 Å². The first-order valence-corrected chi connectivity index (χ1v) is 17.0. The number of thioether (sulfide) groups is 1. The molecule has 0 bridgehead atoms. The van der Waals surface area contributed by atoms with Crippen LogP contribution in [0.3, 0.4) is 0 Å². The lowest BCUT2D eigenvalue weighted by atomic mass is 9.79. The predicted octanol–water partition coefficient (Wildman–Crippen LogP) is 2.98. The van der Waals surface area contributed by atoms with Crippen molar-refractivity contribution >= 4 is 41.3 Å². The first-order chi connectivity index (χ1) is 19.6. The average molecular weight is 606 g/mol. The summed E-state index contributed by atoms with van der Waals surface area (Å²) in [6, 6.07) is -2.99. The number of carbonyl (C=O) groups excluding carboxylic acids is 5. The van der Waals surface area contributed by atoms with Crippen molar-refractivity contribution in [1.29, 1.82) is 0 Å². The van der Waals surface area contributed by atoms with Crippen molar-refractivity contribution in [1.82, 2.24) is 20.9 Å². The summed E-state index contributed by atoms with van der Waals surface area (Å²) in [4.78, 5) is 67.4. The Labute approximate surface area is 254 Å². The summed E-state index contributed by atoms with van der Waals surface area (Å²) in [5.41, 5.74) is 4.27. The molecule has 5 N–H and O–H groups in total. The molecule has 236 valence electrons. The standard InChI is InChI=1S/C31H51N5O5S/c1-29(2,3)24(34-28(41)35-31(14-15-42-6)12-8-7-9-13-31)27(40)36-17-19-21(30(19,4)5)22(36)26(39)33-20(16-18-10-11-18)23(37)25(32)38/h18-22,24H,7-17H2,1-6H3,(H2,32,38)(H,33,39)(H2,34,35,41). The Bertz CT molecular complexity index is 1080. The lowest BCUT2D eigenvalue weighted by Crippen LogP contribution is -2.63. The van der Waals surface area contributed by atoms with E-state index in [2.05, 4.69) is 36.1 Å². The molecule has 5 amide bonds. The molecule has 5 atom stereocenters. The van der Waals surface area contributed by atoms with Gasteiger partial charge in [-0.05, 0) is 66.3 Å². The Morgan fingerprint density at radius 3 is 2.21 bits per heavy atom. The topological polar surface area (TPSA) is 151 Å². The van der Waals surface area contributed by atoms with Gasteiger partial charge in [0.25, 0.3) is 5.91 Å². The molecule has 42 heavy (non-hydrogen) atoms. The summed E-state index contributed by atoms with van der Waals surface area (Å²) >= 11 is 1.76. The molecule has 0 spiro atoms. The minimum atomic E-state index is -1.07. The molecule has 0 aromatic heterocycles. The highest BCUT2D eigenvalue weighted by atomic mass is 32.2. The molecular weight excluding hydrogens is 554 g/mol. The van der Waals surface area contributed by atoms with Crippen molar-refractivity contribution in [3.8, 4) is 0 Å². The number of nitrogens with one attached hydrogen (secondary N) is 3. The van der Waals surface area contributed by atoms with E-state index in [1.807, 2.05) is 20.8 Å². The Morgan fingerprint density at radius 1 is 1.02 bits per heavy atom. The molecule has 11 heteroatoms. The van der Waals surface area contributed by atoms with Crippen LogP contribution in [0.4, 0.5) is 4.79 Å². The Balaban J connectivity index is 1.52. The van der Waals surface area contributed by atoms with Gasteiger partial charge >= 0.3 is 6.03 Å². The summed E-state index contributed by atoms with van der Waals surface area (Å²) in [6.07, 6.45) is 10.4. The Hall–Kier alpha value is -2.30. The Kier molecular flexibility index (Phi) is 9.60. The summed E-state index contributed by atoms with van der Waals surface area (Å²) < 4.78 is 0. The third-order valence-electron chi connectivity index (χ3n) is 10.3. The Morgan fingerprint density at radius 2 is 1.67 bits per heavy atom. The second kappa shape index (κ2) is 12.4. The molecule has 4 rings (SSSR count). The van der Waals surface area contributed by atoms with Crippen molar-refractivity contribution < 1.29 is 24.0 Å². The molecule has 1 aliphatic heterocycles. The number of fused-ring (bicyclic) bond motifs is 1. The summed E-state index contributed by atoms with van der Waals surface area (Å²) in [5.74, 6) is -1.31. The van der Waals surface area contributed by atoms with Crippen molar-refractivity contribution in [3.05, 3.63) is 0 Å². The number of amides is 5. The third kappa shape index (κ3) is 7.08.